The molecule has 1 unspecified atom stereocenters. The monoisotopic (exact) mass is 186 g/mol. The highest BCUT2D eigenvalue weighted by atomic mass is 35.5. The van der Waals surface area contributed by atoms with Gasteiger partial charge in [0, 0.05) is 10.3 Å². The molecule has 1 aromatic rings. The second-order valence-corrected chi connectivity index (χ2v) is 3.93. The summed E-state index contributed by atoms with van der Waals surface area (Å²) in [6, 6.07) is 7.88. The molecular formula is C9H11ClS. The Morgan fingerprint density at radius 1 is 1.45 bits per heavy atom. The molecule has 11 heavy (non-hydrogen) atoms. The van der Waals surface area contributed by atoms with Gasteiger partial charge in [-0.15, -0.1) is 0 Å². The van der Waals surface area contributed by atoms with Crippen molar-refractivity contribution >= 4 is 24.2 Å². The summed E-state index contributed by atoms with van der Waals surface area (Å²) in [7, 11) is 0. The van der Waals surface area contributed by atoms with Crippen LogP contribution in [0.5, 0.6) is 0 Å². The van der Waals surface area contributed by atoms with Gasteiger partial charge >= 0.3 is 0 Å². The van der Waals surface area contributed by atoms with Crippen molar-refractivity contribution < 1.29 is 0 Å². The average molecular weight is 187 g/mol. The molecule has 0 spiro atoms. The first-order valence-electron chi connectivity index (χ1n) is 3.61. The minimum atomic E-state index is 0.370. The number of hydrogen-bond donors (Lipinski definition) is 1. The highest BCUT2D eigenvalue weighted by Gasteiger charge is 2.00. The number of hydrogen-bond acceptors (Lipinski definition) is 1. The molecule has 0 fully saturated rings. The lowest BCUT2D eigenvalue weighted by atomic mass is 10.1. The fourth-order valence-electron chi connectivity index (χ4n) is 0.982. The molecule has 0 heterocycles. The first-order valence-corrected chi connectivity index (χ1v) is 4.51. The second-order valence-electron chi connectivity index (χ2n) is 2.64. The lowest BCUT2D eigenvalue weighted by Gasteiger charge is -2.05. The van der Waals surface area contributed by atoms with E-state index in [4.69, 9.17) is 11.6 Å². The molecule has 0 bridgehead atoms. The molecule has 0 amide bonds. The largest absolute Gasteiger partial charge is 0.176 e. The Balaban J connectivity index is 2.78. The Bertz CT molecular complexity index is 233. The van der Waals surface area contributed by atoms with Crippen LogP contribution in [0.25, 0.3) is 0 Å². The second kappa shape index (κ2) is 4.03. The highest BCUT2D eigenvalue weighted by Crippen LogP contribution is 2.17. The van der Waals surface area contributed by atoms with Gasteiger partial charge in [-0.2, -0.15) is 12.6 Å². The fourth-order valence-corrected chi connectivity index (χ4v) is 1.39. The van der Waals surface area contributed by atoms with Crippen molar-refractivity contribution in [3.63, 3.8) is 0 Å². The summed E-state index contributed by atoms with van der Waals surface area (Å²) < 4.78 is 0. The van der Waals surface area contributed by atoms with Crippen molar-refractivity contribution in [3.8, 4) is 0 Å². The molecule has 0 saturated carbocycles. The van der Waals surface area contributed by atoms with Crippen LogP contribution in [0.2, 0.25) is 5.02 Å². The Morgan fingerprint density at radius 3 is 2.64 bits per heavy atom. The number of rotatable bonds is 2. The van der Waals surface area contributed by atoms with E-state index in [-0.39, 0.29) is 0 Å². The van der Waals surface area contributed by atoms with Crippen molar-refractivity contribution in [1.29, 1.82) is 0 Å². The summed E-state index contributed by atoms with van der Waals surface area (Å²) in [5.41, 5.74) is 1.18. The van der Waals surface area contributed by atoms with Crippen LogP contribution in [-0.4, -0.2) is 5.25 Å². The van der Waals surface area contributed by atoms with Crippen LogP contribution in [0.1, 0.15) is 12.5 Å². The van der Waals surface area contributed by atoms with Gasteiger partial charge in [-0.05, 0) is 18.1 Å². The molecule has 0 aliphatic carbocycles. The van der Waals surface area contributed by atoms with Crippen LogP contribution in [0.3, 0.4) is 0 Å². The molecule has 0 nitrogen and oxygen atoms in total. The van der Waals surface area contributed by atoms with Crippen LogP contribution in [0, 0.1) is 0 Å². The third-order valence-electron chi connectivity index (χ3n) is 1.47. The smallest absolute Gasteiger partial charge is 0.0438 e. The molecule has 2 heteroatoms. The molecule has 60 valence electrons. The van der Waals surface area contributed by atoms with Crippen molar-refractivity contribution in [3.05, 3.63) is 34.9 Å². The van der Waals surface area contributed by atoms with Gasteiger partial charge in [-0.25, -0.2) is 0 Å². The van der Waals surface area contributed by atoms with E-state index in [0.717, 1.165) is 11.4 Å². The Labute approximate surface area is 78.0 Å². The zero-order chi connectivity index (χ0) is 8.27. The average Bonchev–Trinajstić information content (AvgIpc) is 1.93. The van der Waals surface area contributed by atoms with Gasteiger partial charge in [0.1, 0.15) is 0 Å². The van der Waals surface area contributed by atoms with Crippen LogP contribution in [0.4, 0.5) is 0 Å². The van der Waals surface area contributed by atoms with Crippen LogP contribution < -0.4 is 0 Å². The minimum absolute atomic E-state index is 0.370. The molecule has 1 atom stereocenters. The molecule has 0 aromatic heterocycles. The normalized spacial score (nSPS) is 13.0. The predicted octanol–water partition coefficient (Wildman–Crippen LogP) is 3.20. The van der Waals surface area contributed by atoms with Gasteiger partial charge in [0.2, 0.25) is 0 Å². The third kappa shape index (κ3) is 2.76. The zero-order valence-electron chi connectivity index (χ0n) is 6.42. The molecule has 0 aliphatic rings. The van der Waals surface area contributed by atoms with Crippen LogP contribution >= 0.6 is 24.2 Å². The Kier molecular flexibility index (Phi) is 3.28. The maximum Gasteiger partial charge on any atom is 0.0438 e. The molecular weight excluding hydrogens is 176 g/mol. The number of benzene rings is 1. The summed E-state index contributed by atoms with van der Waals surface area (Å²) in [5.74, 6) is 0. The Hall–Kier alpha value is -0.140. The summed E-state index contributed by atoms with van der Waals surface area (Å²) in [6.45, 7) is 2.06. The minimum Gasteiger partial charge on any atom is -0.176 e. The first-order chi connectivity index (χ1) is 5.20. The van der Waals surface area contributed by atoms with Crippen LogP contribution in [-0.2, 0) is 6.42 Å². The zero-order valence-corrected chi connectivity index (χ0v) is 8.07. The number of thiol groups is 1. The summed E-state index contributed by atoms with van der Waals surface area (Å²) in [6.07, 6.45) is 0.933. The van der Waals surface area contributed by atoms with Crippen molar-refractivity contribution in [2.45, 2.75) is 18.6 Å². The van der Waals surface area contributed by atoms with Gasteiger partial charge in [0.15, 0.2) is 0 Å². The van der Waals surface area contributed by atoms with E-state index in [1.54, 1.807) is 0 Å². The van der Waals surface area contributed by atoms with E-state index in [1.807, 2.05) is 24.3 Å². The Morgan fingerprint density at radius 2 is 2.09 bits per heavy atom. The van der Waals surface area contributed by atoms with E-state index in [1.165, 1.54) is 5.56 Å². The van der Waals surface area contributed by atoms with Gasteiger partial charge < -0.3 is 0 Å². The van der Waals surface area contributed by atoms with E-state index in [2.05, 4.69) is 19.6 Å². The van der Waals surface area contributed by atoms with Crippen LogP contribution in [0.15, 0.2) is 24.3 Å². The topological polar surface area (TPSA) is 0 Å². The van der Waals surface area contributed by atoms with E-state index >= 15 is 0 Å². The molecule has 0 saturated heterocycles. The van der Waals surface area contributed by atoms with Gasteiger partial charge in [0.25, 0.3) is 0 Å². The van der Waals surface area contributed by atoms with Crippen molar-refractivity contribution in [2.75, 3.05) is 0 Å². The molecule has 0 radical (unpaired) electrons. The fraction of sp³-hybridized carbons (Fsp3) is 0.333. The summed E-state index contributed by atoms with van der Waals surface area (Å²) in [4.78, 5) is 0. The predicted molar refractivity (Wildman–Crippen MR) is 53.6 cm³/mol. The van der Waals surface area contributed by atoms with Crippen molar-refractivity contribution in [1.82, 2.24) is 0 Å². The summed E-state index contributed by atoms with van der Waals surface area (Å²) in [5, 5.41) is 1.21. The number of halogens is 1. The lowest BCUT2D eigenvalue weighted by Crippen LogP contribution is -1.97. The molecule has 0 aliphatic heterocycles. The molecule has 1 aromatic carbocycles. The highest BCUT2D eigenvalue weighted by molar-refractivity contribution is 7.80. The van der Waals surface area contributed by atoms with E-state index in [9.17, 15) is 0 Å². The van der Waals surface area contributed by atoms with Gasteiger partial charge in [-0.1, -0.05) is 36.7 Å². The quantitative estimate of drug-likeness (QED) is 0.674. The third-order valence-corrected chi connectivity index (χ3v) is 2.02. The standard InChI is InChI=1S/C9H11ClS/c1-7(11)6-8-4-2-3-5-9(8)10/h2-5,7,11H,6H2,1H3. The van der Waals surface area contributed by atoms with E-state index in [0.29, 0.717) is 5.25 Å². The molecule has 0 N–H and O–H groups in total. The van der Waals surface area contributed by atoms with Crippen molar-refractivity contribution in [2.24, 2.45) is 0 Å². The SMILES string of the molecule is CC(S)Cc1ccccc1Cl. The molecule has 1 rings (SSSR count). The maximum atomic E-state index is 5.93. The maximum absolute atomic E-state index is 5.93. The lowest BCUT2D eigenvalue weighted by molar-refractivity contribution is 0.951. The van der Waals surface area contributed by atoms with E-state index < -0.39 is 0 Å². The van der Waals surface area contributed by atoms with Gasteiger partial charge in [0.05, 0.1) is 0 Å². The summed E-state index contributed by atoms with van der Waals surface area (Å²) >= 11 is 10.2. The first kappa shape index (κ1) is 8.95. The van der Waals surface area contributed by atoms with Gasteiger partial charge in [-0.3, -0.25) is 0 Å².